The summed E-state index contributed by atoms with van der Waals surface area (Å²) in [5.41, 5.74) is 0. The van der Waals surface area contributed by atoms with Gasteiger partial charge in [-0.3, -0.25) is 4.90 Å². The van der Waals surface area contributed by atoms with Crippen LogP contribution in [0.25, 0.3) is 0 Å². The van der Waals surface area contributed by atoms with Crippen LogP contribution in [0.3, 0.4) is 0 Å². The molecule has 3 heteroatoms. The Morgan fingerprint density at radius 2 is 2.07 bits per heavy atom. The zero-order valence-corrected chi connectivity index (χ0v) is 8.71. The first-order valence-electron chi connectivity index (χ1n) is 5.73. The number of nitriles is 1. The Hall–Kier alpha value is -0.590. The molecule has 0 spiro atoms. The van der Waals surface area contributed by atoms with Crippen molar-refractivity contribution in [3.63, 3.8) is 0 Å². The number of likely N-dealkylation sites (tertiary alicyclic amines) is 1. The number of hydrogen-bond donors (Lipinski definition) is 1. The van der Waals surface area contributed by atoms with E-state index >= 15 is 0 Å². The molecule has 2 rings (SSSR count). The lowest BCUT2D eigenvalue weighted by Gasteiger charge is -2.33. The van der Waals surface area contributed by atoms with Crippen molar-refractivity contribution in [1.29, 1.82) is 5.26 Å². The molecule has 0 radical (unpaired) electrons. The summed E-state index contributed by atoms with van der Waals surface area (Å²) in [4.78, 5) is 2.27. The Morgan fingerprint density at radius 1 is 1.29 bits per heavy atom. The minimum Gasteiger partial charge on any atom is -0.314 e. The van der Waals surface area contributed by atoms with E-state index in [1.165, 1.54) is 32.2 Å². The zero-order chi connectivity index (χ0) is 9.80. The van der Waals surface area contributed by atoms with Gasteiger partial charge in [-0.2, -0.15) is 5.26 Å². The van der Waals surface area contributed by atoms with Crippen molar-refractivity contribution in [2.24, 2.45) is 5.92 Å². The van der Waals surface area contributed by atoms with Crippen LogP contribution >= 0.6 is 0 Å². The third-order valence-electron chi connectivity index (χ3n) is 3.59. The monoisotopic (exact) mass is 193 g/mol. The van der Waals surface area contributed by atoms with E-state index in [4.69, 9.17) is 5.26 Å². The molecule has 78 valence electrons. The van der Waals surface area contributed by atoms with Crippen LogP contribution in [0.1, 0.15) is 25.7 Å². The average molecular weight is 193 g/mol. The van der Waals surface area contributed by atoms with Crippen molar-refractivity contribution in [3.05, 3.63) is 0 Å². The largest absolute Gasteiger partial charge is 0.314 e. The summed E-state index contributed by atoms with van der Waals surface area (Å²) in [6.45, 7) is 4.07. The van der Waals surface area contributed by atoms with Gasteiger partial charge < -0.3 is 5.32 Å². The Labute approximate surface area is 86.1 Å². The van der Waals surface area contributed by atoms with E-state index in [2.05, 4.69) is 16.3 Å². The lowest BCUT2D eigenvalue weighted by molar-refractivity contribution is 0.178. The highest BCUT2D eigenvalue weighted by molar-refractivity contribution is 4.87. The van der Waals surface area contributed by atoms with Gasteiger partial charge in [0.25, 0.3) is 0 Å². The second-order valence-electron chi connectivity index (χ2n) is 4.47. The molecule has 0 aliphatic carbocycles. The molecule has 0 bridgehead atoms. The first kappa shape index (κ1) is 9.95. The molecular weight excluding hydrogens is 174 g/mol. The average Bonchev–Trinajstić information content (AvgIpc) is 2.72. The molecule has 2 fully saturated rings. The summed E-state index contributed by atoms with van der Waals surface area (Å²) in [7, 11) is 0. The molecular formula is C11H19N3. The minimum atomic E-state index is 0.616. The summed E-state index contributed by atoms with van der Waals surface area (Å²) < 4.78 is 0. The van der Waals surface area contributed by atoms with E-state index in [1.54, 1.807) is 0 Å². The van der Waals surface area contributed by atoms with E-state index in [0.717, 1.165) is 25.0 Å². The number of hydrogen-bond acceptors (Lipinski definition) is 3. The Bertz CT molecular complexity index is 207. The van der Waals surface area contributed by atoms with Gasteiger partial charge in [0.15, 0.2) is 0 Å². The second-order valence-corrected chi connectivity index (χ2v) is 4.47. The van der Waals surface area contributed by atoms with E-state index in [-0.39, 0.29) is 0 Å². The fourth-order valence-electron chi connectivity index (χ4n) is 2.73. The lowest BCUT2D eigenvalue weighted by atomic mass is 9.88. The molecule has 0 aromatic heterocycles. The molecule has 1 N–H and O–H groups in total. The van der Waals surface area contributed by atoms with E-state index in [9.17, 15) is 0 Å². The zero-order valence-electron chi connectivity index (χ0n) is 8.71. The summed E-state index contributed by atoms with van der Waals surface area (Å²) in [5, 5.41) is 12.2. The minimum absolute atomic E-state index is 0.616. The highest BCUT2D eigenvalue weighted by Gasteiger charge is 2.27. The van der Waals surface area contributed by atoms with Crippen LogP contribution in [0, 0.1) is 17.2 Å². The molecule has 14 heavy (non-hydrogen) atoms. The van der Waals surface area contributed by atoms with Gasteiger partial charge in [0.1, 0.15) is 0 Å². The maximum atomic E-state index is 8.59. The highest BCUT2D eigenvalue weighted by atomic mass is 15.1. The maximum absolute atomic E-state index is 8.59. The quantitative estimate of drug-likeness (QED) is 0.664. The van der Waals surface area contributed by atoms with Gasteiger partial charge in [0.05, 0.1) is 12.6 Å². The predicted octanol–water partition coefficient (Wildman–Crippen LogP) is 0.974. The first-order chi connectivity index (χ1) is 6.90. The number of piperidine rings is 1. The fraction of sp³-hybridized carbons (Fsp3) is 0.909. The number of nitrogens with zero attached hydrogens (tertiary/aromatic N) is 2. The third kappa shape index (κ3) is 2.26. The van der Waals surface area contributed by atoms with Crippen molar-refractivity contribution in [2.45, 2.75) is 31.7 Å². The van der Waals surface area contributed by atoms with Gasteiger partial charge in [-0.05, 0) is 51.2 Å². The van der Waals surface area contributed by atoms with Crippen LogP contribution in [0.2, 0.25) is 0 Å². The molecule has 2 aliphatic rings. The number of rotatable bonds is 2. The standard InChI is InChI=1S/C11H19N3/c12-5-9-14-7-3-10(4-8-14)11-2-1-6-13-11/h10-11,13H,1-4,6-9H2. The normalized spacial score (nSPS) is 30.4. The van der Waals surface area contributed by atoms with Gasteiger partial charge in [-0.1, -0.05) is 0 Å². The number of nitrogens with one attached hydrogen (secondary N) is 1. The van der Waals surface area contributed by atoms with Crippen LogP contribution in [0.15, 0.2) is 0 Å². The lowest BCUT2D eigenvalue weighted by Crippen LogP contribution is -2.40. The Morgan fingerprint density at radius 3 is 2.64 bits per heavy atom. The van der Waals surface area contributed by atoms with Gasteiger partial charge in [0, 0.05) is 6.04 Å². The van der Waals surface area contributed by atoms with E-state index in [0.29, 0.717) is 6.54 Å². The molecule has 2 heterocycles. The summed E-state index contributed by atoms with van der Waals surface area (Å²) >= 11 is 0. The van der Waals surface area contributed by atoms with Crippen molar-refractivity contribution in [3.8, 4) is 6.07 Å². The van der Waals surface area contributed by atoms with Crippen LogP contribution < -0.4 is 5.32 Å². The second kappa shape index (κ2) is 4.77. The van der Waals surface area contributed by atoms with Gasteiger partial charge in [-0.25, -0.2) is 0 Å². The van der Waals surface area contributed by atoms with E-state index < -0.39 is 0 Å². The van der Waals surface area contributed by atoms with E-state index in [1.807, 2.05) is 0 Å². The molecule has 0 saturated carbocycles. The molecule has 2 saturated heterocycles. The van der Waals surface area contributed by atoms with Crippen molar-refractivity contribution in [1.82, 2.24) is 10.2 Å². The summed E-state index contributed by atoms with van der Waals surface area (Å²) in [6, 6.07) is 3.01. The molecule has 0 aromatic carbocycles. The Kier molecular flexibility index (Phi) is 3.39. The van der Waals surface area contributed by atoms with Gasteiger partial charge >= 0.3 is 0 Å². The molecule has 0 amide bonds. The predicted molar refractivity (Wildman–Crippen MR) is 55.8 cm³/mol. The molecule has 3 nitrogen and oxygen atoms in total. The summed E-state index contributed by atoms with van der Waals surface area (Å²) in [6.07, 6.45) is 5.27. The van der Waals surface area contributed by atoms with Crippen molar-refractivity contribution in [2.75, 3.05) is 26.2 Å². The van der Waals surface area contributed by atoms with Crippen LogP contribution in [0.5, 0.6) is 0 Å². The SMILES string of the molecule is N#CCN1CCC(C2CCCN2)CC1. The van der Waals surface area contributed by atoms with Gasteiger partial charge in [0.2, 0.25) is 0 Å². The third-order valence-corrected chi connectivity index (χ3v) is 3.59. The van der Waals surface area contributed by atoms with Crippen LogP contribution in [0.4, 0.5) is 0 Å². The topological polar surface area (TPSA) is 39.1 Å². The highest BCUT2D eigenvalue weighted by Crippen LogP contribution is 2.25. The smallest absolute Gasteiger partial charge is 0.0865 e. The molecule has 2 aliphatic heterocycles. The van der Waals surface area contributed by atoms with Crippen LogP contribution in [-0.2, 0) is 0 Å². The Balaban J connectivity index is 1.75. The van der Waals surface area contributed by atoms with Crippen LogP contribution in [-0.4, -0.2) is 37.1 Å². The molecule has 1 unspecified atom stereocenters. The van der Waals surface area contributed by atoms with Crippen molar-refractivity contribution >= 4 is 0 Å². The summed E-state index contributed by atoms with van der Waals surface area (Å²) in [5.74, 6) is 0.868. The fourth-order valence-corrected chi connectivity index (χ4v) is 2.73. The van der Waals surface area contributed by atoms with Gasteiger partial charge in [-0.15, -0.1) is 0 Å². The molecule has 1 atom stereocenters. The maximum Gasteiger partial charge on any atom is 0.0865 e. The first-order valence-corrected chi connectivity index (χ1v) is 5.73. The van der Waals surface area contributed by atoms with Crippen molar-refractivity contribution < 1.29 is 0 Å². The molecule has 0 aromatic rings.